The highest BCUT2D eigenvalue weighted by Crippen LogP contribution is 2.35. The largest absolute Gasteiger partial charge is 0.371 e. The van der Waals surface area contributed by atoms with E-state index < -0.39 is 0 Å². The predicted molar refractivity (Wildman–Crippen MR) is 93.8 cm³/mol. The van der Waals surface area contributed by atoms with E-state index in [2.05, 4.69) is 26.2 Å². The number of urea groups is 1. The van der Waals surface area contributed by atoms with Crippen LogP contribution in [0.1, 0.15) is 12.8 Å². The molecule has 7 heteroatoms. The van der Waals surface area contributed by atoms with Gasteiger partial charge in [0.05, 0.1) is 13.1 Å². The maximum absolute atomic E-state index is 12.2. The van der Waals surface area contributed by atoms with Crippen LogP contribution in [0.4, 0.5) is 10.6 Å². The molecule has 1 spiro atoms. The molecule has 1 aromatic heterocycles. The number of thiazole rings is 1. The van der Waals surface area contributed by atoms with E-state index in [4.69, 9.17) is 4.74 Å². The number of ether oxygens (including phenoxy) is 1. The third-order valence-electron chi connectivity index (χ3n) is 4.26. The highest BCUT2D eigenvalue weighted by molar-refractivity contribution is 9.10. The normalized spacial score (nSPS) is 18.9. The standard InChI is InChI=1S/C16H16BrN3O2S/c17-12-4-2-11(3-5-12)14-18-13(8-23-14)19-15(21)20-9-16(10-20)6-1-7-22-16/h2-5,8H,1,6-7,9-10H2,(H,19,21). The fraction of sp³-hybridized carbons (Fsp3) is 0.375. The Bertz CT molecular complexity index is 717. The number of amides is 2. The van der Waals surface area contributed by atoms with Gasteiger partial charge in [0, 0.05) is 22.0 Å². The van der Waals surface area contributed by atoms with E-state index in [9.17, 15) is 4.79 Å². The minimum absolute atomic E-state index is 0.0675. The van der Waals surface area contributed by atoms with Gasteiger partial charge in [-0.1, -0.05) is 28.1 Å². The molecular formula is C16H16BrN3O2S. The van der Waals surface area contributed by atoms with Crippen LogP contribution >= 0.6 is 27.3 Å². The van der Waals surface area contributed by atoms with Crippen LogP contribution in [-0.4, -0.2) is 41.2 Å². The molecule has 2 aliphatic heterocycles. The molecule has 2 amide bonds. The third kappa shape index (κ3) is 3.00. The average molecular weight is 394 g/mol. The number of hydrogen-bond donors (Lipinski definition) is 1. The molecule has 2 aromatic rings. The van der Waals surface area contributed by atoms with Gasteiger partial charge in [0.15, 0.2) is 0 Å². The number of hydrogen-bond acceptors (Lipinski definition) is 4. The molecule has 2 fully saturated rings. The van der Waals surface area contributed by atoms with Gasteiger partial charge in [0.25, 0.3) is 0 Å². The average Bonchev–Trinajstić information content (AvgIpc) is 3.15. The molecule has 0 aliphatic carbocycles. The van der Waals surface area contributed by atoms with Gasteiger partial charge in [-0.05, 0) is 25.0 Å². The minimum atomic E-state index is -0.0984. The number of nitrogens with zero attached hydrogens (tertiary/aromatic N) is 2. The van der Waals surface area contributed by atoms with Crippen molar-refractivity contribution in [2.45, 2.75) is 18.4 Å². The van der Waals surface area contributed by atoms with Gasteiger partial charge in [-0.2, -0.15) is 0 Å². The number of halogens is 1. The smallest absolute Gasteiger partial charge is 0.323 e. The summed E-state index contributed by atoms with van der Waals surface area (Å²) in [5.74, 6) is 0.603. The zero-order valence-electron chi connectivity index (χ0n) is 12.4. The number of aromatic nitrogens is 1. The summed E-state index contributed by atoms with van der Waals surface area (Å²) in [5, 5.41) is 5.64. The molecule has 0 saturated carbocycles. The Morgan fingerprint density at radius 2 is 2.13 bits per heavy atom. The maximum Gasteiger partial charge on any atom is 0.323 e. The minimum Gasteiger partial charge on any atom is -0.371 e. The Morgan fingerprint density at radius 3 is 2.83 bits per heavy atom. The number of likely N-dealkylation sites (tertiary alicyclic amines) is 1. The quantitative estimate of drug-likeness (QED) is 0.839. The van der Waals surface area contributed by atoms with Crippen molar-refractivity contribution in [1.82, 2.24) is 9.88 Å². The lowest BCUT2D eigenvalue weighted by Crippen LogP contribution is -2.63. The molecule has 5 nitrogen and oxygen atoms in total. The van der Waals surface area contributed by atoms with Crippen LogP contribution in [0, 0.1) is 0 Å². The number of anilines is 1. The molecule has 4 rings (SSSR count). The molecule has 2 aliphatic rings. The molecular weight excluding hydrogens is 378 g/mol. The Labute approximate surface area is 146 Å². The van der Waals surface area contributed by atoms with Crippen molar-refractivity contribution in [3.8, 4) is 10.6 Å². The Balaban J connectivity index is 1.38. The molecule has 0 bridgehead atoms. The SMILES string of the molecule is O=C(Nc1csc(-c2ccc(Br)cc2)n1)N1CC2(CCCO2)C1. The second kappa shape index (κ2) is 5.89. The van der Waals surface area contributed by atoms with E-state index in [1.165, 1.54) is 11.3 Å². The van der Waals surface area contributed by atoms with Gasteiger partial charge >= 0.3 is 6.03 Å². The fourth-order valence-corrected chi connectivity index (χ4v) is 4.06. The summed E-state index contributed by atoms with van der Waals surface area (Å²) in [7, 11) is 0. The first kappa shape index (κ1) is 15.1. The summed E-state index contributed by atoms with van der Waals surface area (Å²) in [6.07, 6.45) is 2.15. The molecule has 0 atom stereocenters. The van der Waals surface area contributed by atoms with E-state index in [1.54, 1.807) is 4.90 Å². The van der Waals surface area contributed by atoms with Crippen LogP contribution in [0.5, 0.6) is 0 Å². The Hall–Kier alpha value is -1.44. The van der Waals surface area contributed by atoms with Gasteiger partial charge in [0.2, 0.25) is 0 Å². The van der Waals surface area contributed by atoms with E-state index in [-0.39, 0.29) is 11.6 Å². The molecule has 23 heavy (non-hydrogen) atoms. The van der Waals surface area contributed by atoms with Gasteiger partial charge in [-0.3, -0.25) is 5.32 Å². The number of nitrogens with one attached hydrogen (secondary N) is 1. The predicted octanol–water partition coefficient (Wildman–Crippen LogP) is 3.97. The number of carbonyl (C=O) groups is 1. The highest BCUT2D eigenvalue weighted by Gasteiger charge is 2.48. The second-order valence-corrected chi connectivity index (χ2v) is 7.74. The summed E-state index contributed by atoms with van der Waals surface area (Å²) in [5.41, 5.74) is 0.975. The van der Waals surface area contributed by atoms with Crippen LogP contribution in [0.15, 0.2) is 34.1 Å². The third-order valence-corrected chi connectivity index (χ3v) is 5.68. The summed E-state index contributed by atoms with van der Waals surface area (Å²) in [6, 6.07) is 7.88. The van der Waals surface area contributed by atoms with Crippen molar-refractivity contribution in [1.29, 1.82) is 0 Å². The summed E-state index contributed by atoms with van der Waals surface area (Å²) >= 11 is 4.94. The van der Waals surface area contributed by atoms with Crippen molar-refractivity contribution in [3.05, 3.63) is 34.1 Å². The van der Waals surface area contributed by atoms with Crippen LogP contribution in [0.3, 0.4) is 0 Å². The molecule has 1 N–H and O–H groups in total. The highest BCUT2D eigenvalue weighted by atomic mass is 79.9. The molecule has 120 valence electrons. The topological polar surface area (TPSA) is 54.5 Å². The van der Waals surface area contributed by atoms with Gasteiger partial charge in [-0.25, -0.2) is 9.78 Å². The lowest BCUT2D eigenvalue weighted by molar-refractivity contribution is -0.0893. The number of rotatable bonds is 2. The van der Waals surface area contributed by atoms with E-state index in [1.807, 2.05) is 29.6 Å². The van der Waals surface area contributed by atoms with Crippen molar-refractivity contribution in [2.24, 2.45) is 0 Å². The van der Waals surface area contributed by atoms with Crippen LogP contribution < -0.4 is 5.32 Å². The molecule has 2 saturated heterocycles. The van der Waals surface area contributed by atoms with E-state index >= 15 is 0 Å². The van der Waals surface area contributed by atoms with Crippen molar-refractivity contribution < 1.29 is 9.53 Å². The van der Waals surface area contributed by atoms with Crippen molar-refractivity contribution in [2.75, 3.05) is 25.0 Å². The first-order chi connectivity index (χ1) is 11.1. The summed E-state index contributed by atoms with van der Waals surface area (Å²) in [6.45, 7) is 2.18. The fourth-order valence-electron chi connectivity index (χ4n) is 3.04. The zero-order chi connectivity index (χ0) is 15.9. The van der Waals surface area contributed by atoms with Gasteiger partial charge < -0.3 is 9.64 Å². The van der Waals surface area contributed by atoms with Gasteiger partial charge in [0.1, 0.15) is 16.4 Å². The Kier molecular flexibility index (Phi) is 3.87. The monoisotopic (exact) mass is 393 g/mol. The lowest BCUT2D eigenvalue weighted by Gasteiger charge is -2.46. The maximum atomic E-state index is 12.2. The Morgan fingerprint density at radius 1 is 1.35 bits per heavy atom. The number of benzene rings is 1. The lowest BCUT2D eigenvalue weighted by atomic mass is 9.91. The number of carbonyl (C=O) groups excluding carboxylic acids is 1. The molecule has 0 radical (unpaired) electrons. The first-order valence-electron chi connectivity index (χ1n) is 7.55. The molecule has 3 heterocycles. The van der Waals surface area contributed by atoms with Crippen LogP contribution in [-0.2, 0) is 4.74 Å². The van der Waals surface area contributed by atoms with Crippen molar-refractivity contribution in [3.63, 3.8) is 0 Å². The van der Waals surface area contributed by atoms with Gasteiger partial charge in [-0.15, -0.1) is 11.3 Å². The summed E-state index contributed by atoms with van der Waals surface area (Å²) < 4.78 is 6.77. The van der Waals surface area contributed by atoms with Crippen LogP contribution in [0.25, 0.3) is 10.6 Å². The van der Waals surface area contributed by atoms with E-state index in [0.29, 0.717) is 18.9 Å². The first-order valence-corrected chi connectivity index (χ1v) is 9.22. The van der Waals surface area contributed by atoms with Crippen LogP contribution in [0.2, 0.25) is 0 Å². The molecule has 1 aromatic carbocycles. The van der Waals surface area contributed by atoms with Crippen molar-refractivity contribution >= 4 is 39.1 Å². The molecule has 0 unspecified atom stereocenters. The zero-order valence-corrected chi connectivity index (χ0v) is 14.8. The summed E-state index contributed by atoms with van der Waals surface area (Å²) in [4.78, 5) is 18.5. The van der Waals surface area contributed by atoms with E-state index in [0.717, 1.165) is 34.5 Å². The second-order valence-electron chi connectivity index (χ2n) is 5.97.